The van der Waals surface area contributed by atoms with Crippen molar-refractivity contribution in [2.45, 2.75) is 6.10 Å². The molecule has 3 rings (SSSR count). The number of hydrogen-bond donors (Lipinski definition) is 2. The molecule has 2 aromatic heterocycles. The van der Waals surface area contributed by atoms with Gasteiger partial charge in [-0.2, -0.15) is 11.3 Å². The smallest absolute Gasteiger partial charge is 0.349 e. The Balaban J connectivity index is 1.77. The Hall–Kier alpha value is -2.44. The molecule has 2 N–H and O–H groups in total. The van der Waals surface area contributed by atoms with E-state index < -0.39 is 17.6 Å². The number of benzene rings is 1. The molecule has 0 spiro atoms. The van der Waals surface area contributed by atoms with Crippen LogP contribution in [0, 0.1) is 0 Å². The summed E-state index contributed by atoms with van der Waals surface area (Å²) in [6.07, 6.45) is -0.803. The van der Waals surface area contributed by atoms with Gasteiger partial charge in [0, 0.05) is 11.9 Å². The fourth-order valence-electron chi connectivity index (χ4n) is 2.09. The van der Waals surface area contributed by atoms with Crippen LogP contribution in [0.1, 0.15) is 22.0 Å². The van der Waals surface area contributed by atoms with Crippen molar-refractivity contribution >= 4 is 28.2 Å². The van der Waals surface area contributed by atoms with Crippen molar-refractivity contribution in [3.63, 3.8) is 0 Å². The maximum atomic E-state index is 12.1. The summed E-state index contributed by atoms with van der Waals surface area (Å²) in [5.41, 5.74) is 0.399. The Morgan fingerprint density at radius 3 is 2.91 bits per heavy atom. The summed E-state index contributed by atoms with van der Waals surface area (Å²) in [6.45, 7) is 0.0296. The van der Waals surface area contributed by atoms with Gasteiger partial charge in [0.25, 0.3) is 5.91 Å². The summed E-state index contributed by atoms with van der Waals surface area (Å²) in [5, 5.41) is 16.8. The first-order valence-electron chi connectivity index (χ1n) is 6.66. The van der Waals surface area contributed by atoms with E-state index in [0.29, 0.717) is 11.0 Å². The maximum Gasteiger partial charge on any atom is 0.349 e. The van der Waals surface area contributed by atoms with Crippen molar-refractivity contribution in [1.82, 2.24) is 5.32 Å². The van der Waals surface area contributed by atoms with Crippen molar-refractivity contribution in [2.75, 3.05) is 6.54 Å². The number of nitrogens with one attached hydrogen (secondary N) is 1. The Kier molecular flexibility index (Phi) is 4.04. The monoisotopic (exact) mass is 315 g/mol. The third-order valence-electron chi connectivity index (χ3n) is 3.27. The van der Waals surface area contributed by atoms with Gasteiger partial charge in [-0.15, -0.1) is 0 Å². The summed E-state index contributed by atoms with van der Waals surface area (Å²) in [7, 11) is 0. The van der Waals surface area contributed by atoms with E-state index in [9.17, 15) is 14.7 Å². The molecule has 112 valence electrons. The first-order valence-corrected chi connectivity index (χ1v) is 7.60. The van der Waals surface area contributed by atoms with Crippen LogP contribution in [0.2, 0.25) is 0 Å². The SMILES string of the molecule is O=C(NCC(O)c1ccsc1)c1cc2ccccc2oc1=O. The average molecular weight is 315 g/mol. The highest BCUT2D eigenvalue weighted by Crippen LogP contribution is 2.16. The van der Waals surface area contributed by atoms with Gasteiger partial charge in [-0.1, -0.05) is 18.2 Å². The molecular formula is C16H13NO4S. The number of carbonyl (C=O) groups is 1. The number of rotatable bonds is 4. The van der Waals surface area contributed by atoms with Crippen molar-refractivity contribution in [3.8, 4) is 0 Å². The normalized spacial score (nSPS) is 12.2. The van der Waals surface area contributed by atoms with Crippen LogP contribution in [-0.2, 0) is 0 Å². The Bertz CT molecular complexity index is 854. The second-order valence-electron chi connectivity index (χ2n) is 4.77. The van der Waals surface area contributed by atoms with Gasteiger partial charge in [0.15, 0.2) is 0 Å². The Morgan fingerprint density at radius 2 is 2.14 bits per heavy atom. The zero-order valence-electron chi connectivity index (χ0n) is 11.5. The van der Waals surface area contributed by atoms with Crippen molar-refractivity contribution < 1.29 is 14.3 Å². The average Bonchev–Trinajstić information content (AvgIpc) is 3.06. The molecule has 6 heteroatoms. The van der Waals surface area contributed by atoms with E-state index in [1.54, 1.807) is 35.7 Å². The number of aliphatic hydroxyl groups excluding tert-OH is 1. The van der Waals surface area contributed by atoms with Crippen molar-refractivity contribution in [1.29, 1.82) is 0 Å². The lowest BCUT2D eigenvalue weighted by molar-refractivity contribution is 0.0913. The third kappa shape index (κ3) is 2.93. The third-order valence-corrected chi connectivity index (χ3v) is 3.97. The molecule has 2 heterocycles. The standard InChI is InChI=1S/C16H13NO4S/c18-13(11-5-6-22-9-11)8-17-15(19)12-7-10-3-1-2-4-14(10)21-16(12)20/h1-7,9,13,18H,8H2,(H,17,19). The summed E-state index contributed by atoms with van der Waals surface area (Å²) in [5.74, 6) is -0.561. The molecule has 1 atom stereocenters. The number of amides is 1. The number of para-hydroxylation sites is 1. The molecular weight excluding hydrogens is 302 g/mol. The zero-order chi connectivity index (χ0) is 15.5. The lowest BCUT2D eigenvalue weighted by atomic mass is 10.1. The number of thiophene rings is 1. The van der Waals surface area contributed by atoms with Crippen LogP contribution in [-0.4, -0.2) is 17.6 Å². The van der Waals surface area contributed by atoms with E-state index in [0.717, 1.165) is 5.56 Å². The molecule has 0 aliphatic rings. The minimum Gasteiger partial charge on any atom is -0.422 e. The van der Waals surface area contributed by atoms with Crippen LogP contribution in [0.4, 0.5) is 0 Å². The van der Waals surface area contributed by atoms with E-state index >= 15 is 0 Å². The molecule has 3 aromatic rings. The van der Waals surface area contributed by atoms with Crippen LogP contribution in [0.3, 0.4) is 0 Å². The van der Waals surface area contributed by atoms with Crippen LogP contribution in [0.5, 0.6) is 0 Å². The van der Waals surface area contributed by atoms with Gasteiger partial charge >= 0.3 is 5.63 Å². The highest BCUT2D eigenvalue weighted by atomic mass is 32.1. The molecule has 1 amide bonds. The maximum absolute atomic E-state index is 12.1. The minimum absolute atomic E-state index is 0.0296. The van der Waals surface area contributed by atoms with Gasteiger partial charge in [-0.05, 0) is 34.5 Å². The molecule has 0 saturated heterocycles. The molecule has 0 fully saturated rings. The van der Waals surface area contributed by atoms with Gasteiger partial charge in [0.1, 0.15) is 11.1 Å². The number of fused-ring (bicyclic) bond motifs is 1. The predicted molar refractivity (Wildman–Crippen MR) is 84.1 cm³/mol. The lowest BCUT2D eigenvalue weighted by Crippen LogP contribution is -2.31. The fourth-order valence-corrected chi connectivity index (χ4v) is 2.79. The van der Waals surface area contributed by atoms with E-state index in [4.69, 9.17) is 4.42 Å². The zero-order valence-corrected chi connectivity index (χ0v) is 12.3. The second-order valence-corrected chi connectivity index (χ2v) is 5.55. The first-order chi connectivity index (χ1) is 10.6. The van der Waals surface area contributed by atoms with Gasteiger partial charge in [0.05, 0.1) is 6.10 Å². The lowest BCUT2D eigenvalue weighted by Gasteiger charge is -2.10. The predicted octanol–water partition coefficient (Wildman–Crippen LogP) is 2.32. The first kappa shape index (κ1) is 14.5. The molecule has 5 nitrogen and oxygen atoms in total. The van der Waals surface area contributed by atoms with Crippen molar-refractivity contribution in [2.24, 2.45) is 0 Å². The fraction of sp³-hybridized carbons (Fsp3) is 0.125. The summed E-state index contributed by atoms with van der Waals surface area (Å²) in [6, 6.07) is 10.2. The minimum atomic E-state index is -0.803. The van der Waals surface area contributed by atoms with E-state index in [1.807, 2.05) is 5.38 Å². The topological polar surface area (TPSA) is 79.5 Å². The van der Waals surface area contributed by atoms with E-state index in [2.05, 4.69) is 5.32 Å². The summed E-state index contributed by atoms with van der Waals surface area (Å²) < 4.78 is 5.12. The molecule has 22 heavy (non-hydrogen) atoms. The number of hydrogen-bond acceptors (Lipinski definition) is 5. The van der Waals surface area contributed by atoms with Crippen LogP contribution < -0.4 is 10.9 Å². The highest BCUT2D eigenvalue weighted by molar-refractivity contribution is 7.07. The highest BCUT2D eigenvalue weighted by Gasteiger charge is 2.15. The van der Waals surface area contributed by atoms with Crippen LogP contribution in [0.15, 0.2) is 56.4 Å². The second kappa shape index (κ2) is 6.13. The molecule has 0 radical (unpaired) electrons. The molecule has 1 aromatic carbocycles. The summed E-state index contributed by atoms with van der Waals surface area (Å²) in [4.78, 5) is 24.0. The Labute approximate surface area is 129 Å². The van der Waals surface area contributed by atoms with Crippen LogP contribution >= 0.6 is 11.3 Å². The van der Waals surface area contributed by atoms with Gasteiger partial charge in [-0.3, -0.25) is 4.79 Å². The number of aliphatic hydroxyl groups is 1. The molecule has 0 saturated carbocycles. The van der Waals surface area contributed by atoms with Gasteiger partial charge < -0.3 is 14.8 Å². The largest absolute Gasteiger partial charge is 0.422 e. The number of carbonyl (C=O) groups excluding carboxylic acids is 1. The van der Waals surface area contributed by atoms with Crippen LogP contribution in [0.25, 0.3) is 11.0 Å². The molecule has 0 bridgehead atoms. The van der Waals surface area contributed by atoms with E-state index in [1.165, 1.54) is 17.4 Å². The molecule has 0 aliphatic carbocycles. The molecule has 0 aliphatic heterocycles. The quantitative estimate of drug-likeness (QED) is 0.724. The van der Waals surface area contributed by atoms with Gasteiger partial charge in [0.2, 0.25) is 0 Å². The van der Waals surface area contributed by atoms with Crippen molar-refractivity contribution in [3.05, 3.63) is 68.7 Å². The van der Waals surface area contributed by atoms with E-state index in [-0.39, 0.29) is 12.1 Å². The van der Waals surface area contributed by atoms with Gasteiger partial charge in [-0.25, -0.2) is 4.79 Å². The molecule has 1 unspecified atom stereocenters. The Morgan fingerprint density at radius 1 is 1.32 bits per heavy atom. The summed E-state index contributed by atoms with van der Waals surface area (Å²) >= 11 is 1.46.